The standard InChI is InChI=1S/C16H21N3O2/c1-4-21-16(20)14-7-5-6-8-19(14)15-9-11(2)18-12(3)13(15)10-17/h9,14H,4-8H2,1-3H3. The highest BCUT2D eigenvalue weighted by molar-refractivity contribution is 5.81. The number of piperidine rings is 1. The van der Waals surface area contributed by atoms with E-state index in [4.69, 9.17) is 4.74 Å². The van der Waals surface area contributed by atoms with Crippen LogP contribution in [0.15, 0.2) is 6.07 Å². The molecule has 21 heavy (non-hydrogen) atoms. The van der Waals surface area contributed by atoms with Crippen LogP contribution in [0.2, 0.25) is 0 Å². The SMILES string of the molecule is CCOC(=O)C1CCCCN1c1cc(C)nc(C)c1C#N. The van der Waals surface area contributed by atoms with Gasteiger partial charge >= 0.3 is 5.97 Å². The highest BCUT2D eigenvalue weighted by atomic mass is 16.5. The Morgan fingerprint density at radius 2 is 2.29 bits per heavy atom. The summed E-state index contributed by atoms with van der Waals surface area (Å²) in [5.41, 5.74) is 2.92. The Balaban J connectivity index is 2.42. The molecule has 0 amide bonds. The van der Waals surface area contributed by atoms with Gasteiger partial charge in [-0.3, -0.25) is 4.98 Å². The van der Waals surface area contributed by atoms with Crippen molar-refractivity contribution < 1.29 is 9.53 Å². The number of nitrogens with zero attached hydrogens (tertiary/aromatic N) is 3. The topological polar surface area (TPSA) is 66.2 Å². The Labute approximate surface area is 125 Å². The van der Waals surface area contributed by atoms with Gasteiger partial charge in [-0.2, -0.15) is 5.26 Å². The largest absolute Gasteiger partial charge is 0.464 e. The zero-order valence-corrected chi connectivity index (χ0v) is 12.8. The lowest BCUT2D eigenvalue weighted by molar-refractivity contribution is -0.145. The Morgan fingerprint density at radius 1 is 1.52 bits per heavy atom. The van der Waals surface area contributed by atoms with Gasteiger partial charge in [-0.15, -0.1) is 0 Å². The molecular formula is C16H21N3O2. The molecule has 0 N–H and O–H groups in total. The highest BCUT2D eigenvalue weighted by Crippen LogP contribution is 2.30. The molecule has 1 fully saturated rings. The van der Waals surface area contributed by atoms with Crippen LogP contribution in [0.1, 0.15) is 43.1 Å². The number of pyridine rings is 1. The first kappa shape index (κ1) is 15.3. The molecule has 5 heteroatoms. The third-order valence-electron chi connectivity index (χ3n) is 3.79. The molecule has 5 nitrogen and oxygen atoms in total. The first-order valence-electron chi connectivity index (χ1n) is 7.40. The lowest BCUT2D eigenvalue weighted by Gasteiger charge is -2.36. The van der Waals surface area contributed by atoms with E-state index in [0.29, 0.717) is 17.9 Å². The fourth-order valence-corrected chi connectivity index (χ4v) is 2.88. The second kappa shape index (κ2) is 6.57. The van der Waals surface area contributed by atoms with Gasteiger partial charge < -0.3 is 9.64 Å². The van der Waals surface area contributed by atoms with Gasteiger partial charge in [-0.1, -0.05) is 0 Å². The van der Waals surface area contributed by atoms with Crippen LogP contribution in [-0.2, 0) is 9.53 Å². The zero-order valence-electron chi connectivity index (χ0n) is 12.8. The third-order valence-corrected chi connectivity index (χ3v) is 3.79. The second-order valence-electron chi connectivity index (χ2n) is 5.31. The van der Waals surface area contributed by atoms with Gasteiger partial charge in [0.2, 0.25) is 0 Å². The van der Waals surface area contributed by atoms with Crippen molar-refractivity contribution in [2.75, 3.05) is 18.1 Å². The van der Waals surface area contributed by atoms with Gasteiger partial charge in [0.15, 0.2) is 0 Å². The number of nitriles is 1. The molecule has 2 rings (SSSR count). The molecule has 0 bridgehead atoms. The fraction of sp³-hybridized carbons (Fsp3) is 0.562. The van der Waals surface area contributed by atoms with Crippen LogP contribution in [0, 0.1) is 25.2 Å². The van der Waals surface area contributed by atoms with E-state index in [1.54, 1.807) is 0 Å². The number of anilines is 1. The van der Waals surface area contributed by atoms with Crippen molar-refractivity contribution in [3.05, 3.63) is 23.0 Å². The van der Waals surface area contributed by atoms with E-state index in [1.165, 1.54) is 0 Å². The van der Waals surface area contributed by atoms with Crippen LogP contribution < -0.4 is 4.90 Å². The number of esters is 1. The van der Waals surface area contributed by atoms with E-state index < -0.39 is 0 Å². The van der Waals surface area contributed by atoms with Crippen molar-refractivity contribution in [1.29, 1.82) is 5.26 Å². The minimum Gasteiger partial charge on any atom is -0.464 e. The number of ether oxygens (including phenoxy) is 1. The van der Waals surface area contributed by atoms with Crippen molar-refractivity contribution in [1.82, 2.24) is 4.98 Å². The summed E-state index contributed by atoms with van der Waals surface area (Å²) in [6.07, 6.45) is 2.79. The van der Waals surface area contributed by atoms with E-state index in [1.807, 2.05) is 31.7 Å². The second-order valence-corrected chi connectivity index (χ2v) is 5.31. The van der Waals surface area contributed by atoms with Crippen molar-refractivity contribution in [2.24, 2.45) is 0 Å². The molecule has 0 spiro atoms. The smallest absolute Gasteiger partial charge is 0.328 e. The van der Waals surface area contributed by atoms with Gasteiger partial charge in [-0.05, 0) is 46.1 Å². The Kier molecular flexibility index (Phi) is 4.79. The van der Waals surface area contributed by atoms with Crippen LogP contribution >= 0.6 is 0 Å². The summed E-state index contributed by atoms with van der Waals surface area (Å²) < 4.78 is 5.19. The molecule has 0 radical (unpaired) electrons. The molecule has 1 atom stereocenters. The Morgan fingerprint density at radius 3 is 2.95 bits per heavy atom. The minimum absolute atomic E-state index is 0.201. The van der Waals surface area contributed by atoms with E-state index in [9.17, 15) is 10.1 Å². The Hall–Kier alpha value is -2.09. The van der Waals surface area contributed by atoms with E-state index in [2.05, 4.69) is 11.1 Å². The molecular weight excluding hydrogens is 266 g/mol. The molecule has 0 saturated carbocycles. The summed E-state index contributed by atoms with van der Waals surface area (Å²) in [5, 5.41) is 9.42. The summed E-state index contributed by atoms with van der Waals surface area (Å²) >= 11 is 0. The quantitative estimate of drug-likeness (QED) is 0.799. The normalized spacial score (nSPS) is 18.2. The maximum atomic E-state index is 12.2. The van der Waals surface area contributed by atoms with Gasteiger partial charge in [0.1, 0.15) is 12.1 Å². The number of aryl methyl sites for hydroxylation is 2. The van der Waals surface area contributed by atoms with E-state index >= 15 is 0 Å². The van der Waals surface area contributed by atoms with E-state index in [0.717, 1.165) is 37.2 Å². The summed E-state index contributed by atoms with van der Waals surface area (Å²) in [5.74, 6) is -0.201. The molecule has 1 aliphatic rings. The number of hydrogen-bond donors (Lipinski definition) is 0. The van der Waals surface area contributed by atoms with Crippen LogP contribution in [0.3, 0.4) is 0 Å². The minimum atomic E-state index is -0.299. The van der Waals surface area contributed by atoms with Crippen LogP contribution in [0.5, 0.6) is 0 Å². The van der Waals surface area contributed by atoms with Crippen LogP contribution in [0.25, 0.3) is 0 Å². The molecule has 0 aromatic carbocycles. The number of rotatable bonds is 3. The number of hydrogen-bond acceptors (Lipinski definition) is 5. The molecule has 112 valence electrons. The monoisotopic (exact) mass is 287 g/mol. The van der Waals surface area contributed by atoms with Gasteiger partial charge in [0.05, 0.1) is 23.6 Å². The van der Waals surface area contributed by atoms with Crippen LogP contribution in [0.4, 0.5) is 5.69 Å². The molecule has 1 aromatic heterocycles. The molecule has 0 aliphatic carbocycles. The Bertz CT molecular complexity index is 578. The first-order valence-corrected chi connectivity index (χ1v) is 7.40. The maximum Gasteiger partial charge on any atom is 0.328 e. The summed E-state index contributed by atoms with van der Waals surface area (Å²) in [4.78, 5) is 18.5. The molecule has 2 heterocycles. The predicted octanol–water partition coefficient (Wildman–Crippen LogP) is 2.49. The predicted molar refractivity (Wildman–Crippen MR) is 80.0 cm³/mol. The fourth-order valence-electron chi connectivity index (χ4n) is 2.88. The molecule has 1 aliphatic heterocycles. The lowest BCUT2D eigenvalue weighted by Crippen LogP contribution is -2.46. The average Bonchev–Trinajstić information content (AvgIpc) is 2.47. The van der Waals surface area contributed by atoms with Crippen molar-refractivity contribution in [3.63, 3.8) is 0 Å². The maximum absolute atomic E-state index is 12.2. The lowest BCUT2D eigenvalue weighted by atomic mass is 9.99. The number of carbonyl (C=O) groups is 1. The van der Waals surface area contributed by atoms with Gasteiger partial charge in [-0.25, -0.2) is 4.79 Å². The summed E-state index contributed by atoms with van der Waals surface area (Å²) in [7, 11) is 0. The van der Waals surface area contributed by atoms with Gasteiger partial charge in [0.25, 0.3) is 0 Å². The van der Waals surface area contributed by atoms with Crippen LogP contribution in [-0.4, -0.2) is 30.1 Å². The highest BCUT2D eigenvalue weighted by Gasteiger charge is 2.31. The average molecular weight is 287 g/mol. The molecule has 1 saturated heterocycles. The van der Waals surface area contributed by atoms with Crippen molar-refractivity contribution in [3.8, 4) is 6.07 Å². The zero-order chi connectivity index (χ0) is 15.4. The number of aromatic nitrogens is 1. The van der Waals surface area contributed by atoms with Crippen molar-refractivity contribution in [2.45, 2.75) is 46.1 Å². The number of carbonyl (C=O) groups excluding carboxylic acids is 1. The molecule has 1 unspecified atom stereocenters. The van der Waals surface area contributed by atoms with Gasteiger partial charge in [0, 0.05) is 12.2 Å². The summed E-state index contributed by atoms with van der Waals surface area (Å²) in [6, 6.07) is 3.82. The molecule has 1 aromatic rings. The first-order chi connectivity index (χ1) is 10.1. The summed E-state index contributed by atoms with van der Waals surface area (Å²) in [6.45, 7) is 6.69. The third kappa shape index (κ3) is 3.15. The van der Waals surface area contributed by atoms with E-state index in [-0.39, 0.29) is 12.0 Å². The van der Waals surface area contributed by atoms with Crippen molar-refractivity contribution >= 4 is 11.7 Å².